The summed E-state index contributed by atoms with van der Waals surface area (Å²) in [4.78, 5) is 15.9. The molecule has 2 heterocycles. The molecule has 1 aromatic rings. The van der Waals surface area contributed by atoms with Crippen LogP contribution in [0.3, 0.4) is 0 Å². The predicted molar refractivity (Wildman–Crippen MR) is 61.2 cm³/mol. The highest BCUT2D eigenvalue weighted by molar-refractivity contribution is 5.90. The van der Waals surface area contributed by atoms with Gasteiger partial charge in [-0.1, -0.05) is 5.16 Å². The number of nitrogens with zero attached hydrogens (tertiary/aromatic N) is 2. The quantitative estimate of drug-likeness (QED) is 0.762. The molecule has 1 saturated heterocycles. The van der Waals surface area contributed by atoms with E-state index in [2.05, 4.69) is 20.8 Å². The first-order valence-electron chi connectivity index (χ1n) is 6.17. The van der Waals surface area contributed by atoms with Crippen LogP contribution >= 0.6 is 0 Å². The summed E-state index contributed by atoms with van der Waals surface area (Å²) in [6.07, 6.45) is 2.07. The van der Waals surface area contributed by atoms with Crippen molar-refractivity contribution in [1.82, 2.24) is 20.8 Å². The van der Waals surface area contributed by atoms with E-state index < -0.39 is 0 Å². The van der Waals surface area contributed by atoms with Crippen LogP contribution in [0.15, 0.2) is 4.52 Å². The lowest BCUT2D eigenvalue weighted by atomic mass is 10.0. The topological polar surface area (TPSA) is 89.3 Å². The molecule has 1 aromatic heterocycles. The predicted octanol–water partition coefficient (Wildman–Crippen LogP) is -0.336. The molecule has 0 bridgehead atoms. The average Bonchev–Trinajstić information content (AvgIpc) is 2.91. The van der Waals surface area contributed by atoms with Gasteiger partial charge < -0.3 is 19.9 Å². The zero-order valence-electron chi connectivity index (χ0n) is 10.2. The van der Waals surface area contributed by atoms with Gasteiger partial charge in [-0.05, 0) is 19.9 Å². The van der Waals surface area contributed by atoms with Gasteiger partial charge >= 0.3 is 0 Å². The molecule has 7 nitrogen and oxygen atoms in total. The molecular weight excluding hydrogens is 236 g/mol. The number of carbonyl (C=O) groups is 1. The Morgan fingerprint density at radius 1 is 1.39 bits per heavy atom. The van der Waals surface area contributed by atoms with Crippen LogP contribution in [0.5, 0.6) is 0 Å². The van der Waals surface area contributed by atoms with Crippen LogP contribution in [0.4, 0.5) is 0 Å². The van der Waals surface area contributed by atoms with E-state index in [1.54, 1.807) is 0 Å². The highest BCUT2D eigenvalue weighted by atomic mass is 16.5. The number of hydrogen-bond donors (Lipinski definition) is 2. The highest BCUT2D eigenvalue weighted by Crippen LogP contribution is 2.24. The van der Waals surface area contributed by atoms with E-state index >= 15 is 0 Å². The fraction of sp³-hybridized carbons (Fsp3) is 0.727. The minimum absolute atomic E-state index is 0.0185. The van der Waals surface area contributed by atoms with Crippen molar-refractivity contribution in [2.45, 2.75) is 30.8 Å². The number of ether oxygens (including phenoxy) is 1. The maximum Gasteiger partial charge on any atom is 0.292 e. The highest BCUT2D eigenvalue weighted by Gasteiger charge is 2.34. The van der Waals surface area contributed by atoms with Crippen molar-refractivity contribution in [1.29, 1.82) is 0 Å². The summed E-state index contributed by atoms with van der Waals surface area (Å²) in [7, 11) is 1.86. The fourth-order valence-corrected chi connectivity index (χ4v) is 2.04. The maximum absolute atomic E-state index is 11.7. The second kappa shape index (κ2) is 4.66. The average molecular weight is 252 g/mol. The number of amides is 1. The normalized spacial score (nSPS) is 27.4. The molecule has 2 N–H and O–H groups in total. The van der Waals surface area contributed by atoms with Gasteiger partial charge in [0.1, 0.15) is 0 Å². The van der Waals surface area contributed by atoms with Gasteiger partial charge in [0.05, 0.1) is 19.1 Å². The van der Waals surface area contributed by atoms with E-state index in [0.717, 1.165) is 12.8 Å². The largest absolute Gasteiger partial charge is 0.379 e. The third kappa shape index (κ3) is 2.23. The molecule has 98 valence electrons. The number of likely N-dealkylation sites (N-methyl/N-ethyl adjacent to an activating group) is 1. The third-order valence-corrected chi connectivity index (χ3v) is 3.33. The van der Waals surface area contributed by atoms with Crippen molar-refractivity contribution < 1.29 is 14.1 Å². The molecular formula is C11H16N4O3. The van der Waals surface area contributed by atoms with Crippen molar-refractivity contribution in [3.8, 4) is 0 Å². The summed E-state index contributed by atoms with van der Waals surface area (Å²) >= 11 is 0. The van der Waals surface area contributed by atoms with E-state index in [4.69, 9.17) is 9.26 Å². The summed E-state index contributed by atoms with van der Waals surface area (Å²) < 4.78 is 10.5. The lowest BCUT2D eigenvalue weighted by Gasteiger charge is -2.11. The zero-order chi connectivity index (χ0) is 12.5. The van der Waals surface area contributed by atoms with Gasteiger partial charge in [-0.3, -0.25) is 4.79 Å². The van der Waals surface area contributed by atoms with Gasteiger partial charge in [0, 0.05) is 12.1 Å². The first kappa shape index (κ1) is 11.6. The van der Waals surface area contributed by atoms with E-state index in [1.807, 2.05) is 7.05 Å². The van der Waals surface area contributed by atoms with E-state index in [0.29, 0.717) is 25.1 Å². The monoisotopic (exact) mass is 252 g/mol. The summed E-state index contributed by atoms with van der Waals surface area (Å²) in [6, 6.07) is 0.448. The Kier molecular flexibility index (Phi) is 3.00. The molecule has 18 heavy (non-hydrogen) atoms. The first-order chi connectivity index (χ1) is 8.78. The fourth-order valence-electron chi connectivity index (χ4n) is 2.04. The van der Waals surface area contributed by atoms with Crippen LogP contribution < -0.4 is 10.6 Å². The Bertz CT molecular complexity index is 443. The Labute approximate surface area is 104 Å². The molecule has 1 amide bonds. The van der Waals surface area contributed by atoms with E-state index in [-0.39, 0.29) is 23.7 Å². The lowest BCUT2D eigenvalue weighted by molar-refractivity contribution is 0.0937. The van der Waals surface area contributed by atoms with Crippen molar-refractivity contribution in [3.05, 3.63) is 11.7 Å². The second-order valence-electron chi connectivity index (χ2n) is 4.74. The molecule has 0 spiro atoms. The molecule has 3 rings (SSSR count). The summed E-state index contributed by atoms with van der Waals surface area (Å²) in [6.45, 7) is 1.16. The van der Waals surface area contributed by atoms with Crippen LogP contribution in [0.1, 0.15) is 35.3 Å². The first-order valence-corrected chi connectivity index (χ1v) is 6.17. The number of carbonyl (C=O) groups excluding carboxylic acids is 1. The lowest BCUT2D eigenvalue weighted by Crippen LogP contribution is -2.31. The zero-order valence-corrected chi connectivity index (χ0v) is 10.2. The van der Waals surface area contributed by atoms with Gasteiger partial charge in [0.25, 0.3) is 11.7 Å². The standard InChI is InChI=1S/C11H16N4O3/c1-12-8-5-17-4-7(8)11-14-9(15-18-11)10(16)13-6-2-3-6/h6-8,12H,2-5H2,1H3,(H,13,16). The molecule has 2 atom stereocenters. The molecule has 0 radical (unpaired) electrons. The molecule has 1 aliphatic carbocycles. The molecule has 0 aromatic carbocycles. The van der Waals surface area contributed by atoms with Gasteiger partial charge in [-0.15, -0.1) is 0 Å². The van der Waals surface area contributed by atoms with Crippen molar-refractivity contribution in [3.63, 3.8) is 0 Å². The van der Waals surface area contributed by atoms with Crippen LogP contribution in [0.2, 0.25) is 0 Å². The minimum Gasteiger partial charge on any atom is -0.379 e. The molecule has 7 heteroatoms. The number of aromatic nitrogens is 2. The van der Waals surface area contributed by atoms with Gasteiger partial charge in [-0.25, -0.2) is 0 Å². The van der Waals surface area contributed by atoms with Crippen LogP contribution in [-0.4, -0.2) is 48.4 Å². The van der Waals surface area contributed by atoms with Gasteiger partial charge in [0.2, 0.25) is 5.89 Å². The minimum atomic E-state index is -0.257. The molecule has 2 aliphatic rings. The van der Waals surface area contributed by atoms with Crippen molar-refractivity contribution in [2.24, 2.45) is 0 Å². The Hall–Kier alpha value is -1.47. The van der Waals surface area contributed by atoms with Gasteiger partial charge in [0.15, 0.2) is 0 Å². The van der Waals surface area contributed by atoms with Crippen LogP contribution in [0.25, 0.3) is 0 Å². The second-order valence-corrected chi connectivity index (χ2v) is 4.74. The summed E-state index contributed by atoms with van der Waals surface area (Å²) in [5.41, 5.74) is 0. The number of hydrogen-bond acceptors (Lipinski definition) is 6. The van der Waals surface area contributed by atoms with Crippen LogP contribution in [-0.2, 0) is 4.74 Å². The molecule has 1 saturated carbocycles. The molecule has 2 unspecified atom stereocenters. The van der Waals surface area contributed by atoms with E-state index in [9.17, 15) is 4.79 Å². The molecule has 2 fully saturated rings. The smallest absolute Gasteiger partial charge is 0.292 e. The number of rotatable bonds is 4. The van der Waals surface area contributed by atoms with Gasteiger partial charge in [-0.2, -0.15) is 4.98 Å². The van der Waals surface area contributed by atoms with E-state index in [1.165, 1.54) is 0 Å². The SMILES string of the molecule is CNC1COCC1c1nc(C(=O)NC2CC2)no1. The maximum atomic E-state index is 11.7. The van der Waals surface area contributed by atoms with Crippen LogP contribution in [0, 0.1) is 0 Å². The summed E-state index contributed by atoms with van der Waals surface area (Å²) in [5.74, 6) is 0.337. The Morgan fingerprint density at radius 3 is 2.94 bits per heavy atom. The Balaban J connectivity index is 1.70. The summed E-state index contributed by atoms with van der Waals surface area (Å²) in [5, 5.41) is 9.70. The Morgan fingerprint density at radius 2 is 2.22 bits per heavy atom. The van der Waals surface area contributed by atoms with Crippen molar-refractivity contribution in [2.75, 3.05) is 20.3 Å². The van der Waals surface area contributed by atoms with Crippen molar-refractivity contribution >= 4 is 5.91 Å². The number of nitrogens with one attached hydrogen (secondary N) is 2. The molecule has 1 aliphatic heterocycles. The third-order valence-electron chi connectivity index (χ3n) is 3.33.